The summed E-state index contributed by atoms with van der Waals surface area (Å²) in [5.74, 6) is 0.152. The van der Waals surface area contributed by atoms with Crippen LogP contribution in [0.1, 0.15) is 175 Å². The molecule has 0 aromatic heterocycles. The first-order valence-electron chi connectivity index (χ1n) is 21.0. The molecule has 0 aliphatic carbocycles. The second kappa shape index (κ2) is 39.5. The maximum Gasteiger partial charge on any atom is 0.306 e. The molecular weight excluding hydrogens is 648 g/mol. The van der Waals surface area contributed by atoms with Crippen molar-refractivity contribution in [3.05, 3.63) is 72.9 Å². The van der Waals surface area contributed by atoms with Gasteiger partial charge in [-0.25, -0.2) is 0 Å². The van der Waals surface area contributed by atoms with Crippen molar-refractivity contribution in [1.29, 1.82) is 0 Å². The van der Waals surface area contributed by atoms with Crippen LogP contribution in [0.3, 0.4) is 0 Å². The van der Waals surface area contributed by atoms with E-state index >= 15 is 0 Å². The van der Waals surface area contributed by atoms with E-state index in [0.717, 1.165) is 50.9 Å². The zero-order valence-electron chi connectivity index (χ0n) is 33.6. The zero-order chi connectivity index (χ0) is 38.2. The summed E-state index contributed by atoms with van der Waals surface area (Å²) in [6.07, 6.45) is 48.4. The second-order valence-electron chi connectivity index (χ2n) is 14.2. The first-order valence-corrected chi connectivity index (χ1v) is 21.0. The largest absolute Gasteiger partial charge is 0.463 e. The number of unbranched alkanes of at least 4 members (excludes halogenated alkanes) is 13. The molecule has 2 N–H and O–H groups in total. The molecule has 3 atom stereocenters. The van der Waals surface area contributed by atoms with Crippen molar-refractivity contribution in [3.8, 4) is 0 Å². The number of hydrogen-bond donors (Lipinski definition) is 2. The number of carbonyl (C=O) groups is 2. The number of allylic oxidation sites excluding steroid dienone is 10. The SMILES string of the molecule is CC/C=C\C/C=C\C/C=C\C/C=C\C=C/C(O)C/C=C\CCC(=O)OC[C@H](O)COC(=O)CCCCCCCCCCCCCCCCC(C)CC. The second-order valence-corrected chi connectivity index (χ2v) is 14.2. The predicted molar refractivity (Wildman–Crippen MR) is 220 cm³/mol. The fourth-order valence-corrected chi connectivity index (χ4v) is 5.52. The zero-order valence-corrected chi connectivity index (χ0v) is 33.6. The summed E-state index contributed by atoms with van der Waals surface area (Å²) >= 11 is 0. The Morgan fingerprint density at radius 3 is 1.58 bits per heavy atom. The van der Waals surface area contributed by atoms with Gasteiger partial charge < -0.3 is 19.7 Å². The standard InChI is InChI=1S/C46H78O6/c1-4-6-7-8-9-10-11-14-18-21-24-27-31-36-43(47)37-32-29-34-39-46(50)52-41-44(48)40-51-45(49)38-33-28-25-22-19-16-13-12-15-17-20-23-26-30-35-42(3)5-2/h6-7,9-10,14,18,24,27,29,31-32,36,42-44,47-48H,4-5,8,11-13,15-17,19-23,25-26,28,30,33-35,37-41H2,1-3H3/b7-6-,10-9-,18-14-,27-24-,32-29-,36-31-/t42?,43?,44-/m1/s1. The van der Waals surface area contributed by atoms with Gasteiger partial charge in [0.1, 0.15) is 19.3 Å². The lowest BCUT2D eigenvalue weighted by molar-refractivity contribution is -0.152. The van der Waals surface area contributed by atoms with Crippen LogP contribution < -0.4 is 0 Å². The number of esters is 2. The summed E-state index contributed by atoms with van der Waals surface area (Å²) < 4.78 is 10.3. The molecule has 0 spiro atoms. The number of ether oxygens (including phenoxy) is 2. The van der Waals surface area contributed by atoms with Crippen molar-refractivity contribution >= 4 is 11.9 Å². The van der Waals surface area contributed by atoms with E-state index in [0.29, 0.717) is 19.3 Å². The highest BCUT2D eigenvalue weighted by molar-refractivity contribution is 5.70. The lowest BCUT2D eigenvalue weighted by Gasteiger charge is -2.12. The molecule has 0 radical (unpaired) electrons. The van der Waals surface area contributed by atoms with E-state index in [9.17, 15) is 19.8 Å². The summed E-state index contributed by atoms with van der Waals surface area (Å²) in [5, 5.41) is 20.1. The molecular formula is C46H78O6. The van der Waals surface area contributed by atoms with Gasteiger partial charge in [0.05, 0.1) is 6.10 Å². The van der Waals surface area contributed by atoms with E-state index in [1.165, 1.54) is 83.5 Å². The summed E-state index contributed by atoms with van der Waals surface area (Å²) in [7, 11) is 0. The van der Waals surface area contributed by atoms with Crippen LogP contribution in [0, 0.1) is 5.92 Å². The molecule has 0 heterocycles. The van der Waals surface area contributed by atoms with Gasteiger partial charge in [-0.05, 0) is 50.9 Å². The Labute approximate surface area is 319 Å². The maximum absolute atomic E-state index is 12.0. The molecule has 0 rings (SSSR count). The summed E-state index contributed by atoms with van der Waals surface area (Å²) in [6, 6.07) is 0. The minimum absolute atomic E-state index is 0.170. The molecule has 0 amide bonds. The lowest BCUT2D eigenvalue weighted by Crippen LogP contribution is -2.25. The third-order valence-electron chi connectivity index (χ3n) is 9.09. The smallest absolute Gasteiger partial charge is 0.306 e. The van der Waals surface area contributed by atoms with Gasteiger partial charge in [-0.15, -0.1) is 0 Å². The first-order chi connectivity index (χ1) is 25.4. The Bertz CT molecular complexity index is 991. The summed E-state index contributed by atoms with van der Waals surface area (Å²) in [5.41, 5.74) is 0. The highest BCUT2D eigenvalue weighted by Crippen LogP contribution is 2.16. The first kappa shape index (κ1) is 49.3. The van der Waals surface area contributed by atoms with Gasteiger partial charge >= 0.3 is 11.9 Å². The van der Waals surface area contributed by atoms with Crippen LogP contribution in [0.25, 0.3) is 0 Å². The maximum atomic E-state index is 12.0. The monoisotopic (exact) mass is 727 g/mol. The van der Waals surface area contributed by atoms with E-state index in [4.69, 9.17) is 9.47 Å². The average molecular weight is 727 g/mol. The van der Waals surface area contributed by atoms with Crippen LogP contribution >= 0.6 is 0 Å². The number of hydrogen-bond acceptors (Lipinski definition) is 6. The minimum Gasteiger partial charge on any atom is -0.463 e. The number of rotatable bonds is 36. The van der Waals surface area contributed by atoms with Crippen LogP contribution in [-0.2, 0) is 19.1 Å². The van der Waals surface area contributed by atoms with E-state index in [1.807, 2.05) is 30.4 Å². The van der Waals surface area contributed by atoms with Crippen molar-refractivity contribution in [2.75, 3.05) is 13.2 Å². The van der Waals surface area contributed by atoms with Gasteiger partial charge in [-0.3, -0.25) is 9.59 Å². The number of carbonyl (C=O) groups excluding carboxylic acids is 2. The molecule has 0 aromatic carbocycles. The quantitative estimate of drug-likeness (QED) is 0.0289. The molecule has 2 unspecified atom stereocenters. The Balaban J connectivity index is 3.64. The highest BCUT2D eigenvalue weighted by Gasteiger charge is 2.12. The van der Waals surface area contributed by atoms with Crippen LogP contribution in [0.2, 0.25) is 0 Å². The van der Waals surface area contributed by atoms with Gasteiger partial charge in [0.2, 0.25) is 0 Å². The predicted octanol–water partition coefficient (Wildman–Crippen LogP) is 12.2. The van der Waals surface area contributed by atoms with Gasteiger partial charge in [-0.1, -0.05) is 190 Å². The third kappa shape index (κ3) is 38.5. The number of aliphatic hydroxyl groups is 2. The topological polar surface area (TPSA) is 93.1 Å². The Morgan fingerprint density at radius 1 is 0.558 bits per heavy atom. The van der Waals surface area contributed by atoms with Crippen molar-refractivity contribution < 1.29 is 29.3 Å². The van der Waals surface area contributed by atoms with E-state index in [2.05, 4.69) is 57.2 Å². The average Bonchev–Trinajstić information content (AvgIpc) is 3.14. The van der Waals surface area contributed by atoms with Crippen molar-refractivity contribution in [2.24, 2.45) is 5.92 Å². The fourth-order valence-electron chi connectivity index (χ4n) is 5.52. The van der Waals surface area contributed by atoms with Crippen molar-refractivity contribution in [2.45, 2.75) is 187 Å². The number of aliphatic hydroxyl groups excluding tert-OH is 2. The summed E-state index contributed by atoms with van der Waals surface area (Å²) in [6.45, 7) is 6.42. The van der Waals surface area contributed by atoms with Crippen LogP contribution in [0.4, 0.5) is 0 Å². The third-order valence-corrected chi connectivity index (χ3v) is 9.09. The highest BCUT2D eigenvalue weighted by atomic mass is 16.6. The molecule has 0 saturated heterocycles. The van der Waals surface area contributed by atoms with Crippen molar-refractivity contribution in [3.63, 3.8) is 0 Å². The van der Waals surface area contributed by atoms with Gasteiger partial charge in [0, 0.05) is 12.8 Å². The van der Waals surface area contributed by atoms with E-state index in [-0.39, 0.29) is 25.6 Å². The molecule has 0 aliphatic heterocycles. The molecule has 6 heteroatoms. The fraction of sp³-hybridized carbons (Fsp3) is 0.696. The van der Waals surface area contributed by atoms with Crippen LogP contribution in [0.15, 0.2) is 72.9 Å². The molecule has 0 aliphatic rings. The van der Waals surface area contributed by atoms with Crippen LogP contribution in [-0.4, -0.2) is 47.6 Å². The molecule has 0 aromatic rings. The molecule has 0 saturated carbocycles. The lowest BCUT2D eigenvalue weighted by atomic mass is 9.99. The van der Waals surface area contributed by atoms with Gasteiger partial charge in [0.25, 0.3) is 0 Å². The molecule has 52 heavy (non-hydrogen) atoms. The molecule has 298 valence electrons. The minimum atomic E-state index is -1.03. The normalized spacial score (nSPS) is 14.2. The Morgan fingerprint density at radius 2 is 1.04 bits per heavy atom. The Hall–Kier alpha value is -2.70. The van der Waals surface area contributed by atoms with Crippen molar-refractivity contribution in [1.82, 2.24) is 0 Å². The van der Waals surface area contributed by atoms with E-state index < -0.39 is 18.2 Å². The van der Waals surface area contributed by atoms with Crippen LogP contribution in [0.5, 0.6) is 0 Å². The van der Waals surface area contributed by atoms with Gasteiger partial charge in [0.15, 0.2) is 0 Å². The van der Waals surface area contributed by atoms with Gasteiger partial charge in [-0.2, -0.15) is 0 Å². The Kier molecular flexibility index (Phi) is 37.5. The molecule has 0 fully saturated rings. The summed E-state index contributed by atoms with van der Waals surface area (Å²) in [4.78, 5) is 24.0. The molecule has 0 bridgehead atoms. The van der Waals surface area contributed by atoms with E-state index in [1.54, 1.807) is 6.08 Å². The molecule has 6 nitrogen and oxygen atoms in total.